The topological polar surface area (TPSA) is 44.1 Å². The Morgan fingerprint density at radius 3 is 3.08 bits per heavy atom. The van der Waals surface area contributed by atoms with Crippen LogP contribution in [-0.2, 0) is 4.79 Å². The van der Waals surface area contributed by atoms with Crippen LogP contribution in [0.4, 0.5) is 0 Å². The summed E-state index contributed by atoms with van der Waals surface area (Å²) in [5.74, 6) is -0.0439. The van der Waals surface area contributed by atoms with Gasteiger partial charge >= 0.3 is 0 Å². The first-order chi connectivity index (χ1) is 5.77. The van der Waals surface area contributed by atoms with Crippen LogP contribution in [0.25, 0.3) is 0 Å². The van der Waals surface area contributed by atoms with Crippen LogP contribution in [0.2, 0.25) is 0 Å². The fourth-order valence-corrected chi connectivity index (χ4v) is 1.41. The number of nitriles is 1. The van der Waals surface area contributed by atoms with Crippen LogP contribution in [0.15, 0.2) is 12.7 Å². The van der Waals surface area contributed by atoms with Gasteiger partial charge in [0.2, 0.25) is 5.91 Å². The molecule has 0 aliphatic carbocycles. The molecule has 0 saturated carbocycles. The highest BCUT2D eigenvalue weighted by molar-refractivity contribution is 5.87. The van der Waals surface area contributed by atoms with E-state index in [4.69, 9.17) is 5.26 Å². The van der Waals surface area contributed by atoms with Gasteiger partial charge < -0.3 is 4.90 Å². The summed E-state index contributed by atoms with van der Waals surface area (Å²) in [5.41, 5.74) is 0. The fraction of sp³-hybridized carbons (Fsp3) is 0.556. The quantitative estimate of drug-likeness (QED) is 0.541. The summed E-state index contributed by atoms with van der Waals surface area (Å²) in [6.07, 6.45) is 3.15. The summed E-state index contributed by atoms with van der Waals surface area (Å²) in [6, 6.07) is 2.18. The fourth-order valence-electron chi connectivity index (χ4n) is 1.41. The van der Waals surface area contributed by atoms with Crippen molar-refractivity contribution in [1.29, 1.82) is 5.26 Å². The van der Waals surface area contributed by atoms with Gasteiger partial charge in [-0.1, -0.05) is 6.58 Å². The minimum atomic E-state index is -0.0602. The van der Waals surface area contributed by atoms with Crippen molar-refractivity contribution in [2.24, 2.45) is 5.92 Å². The van der Waals surface area contributed by atoms with Gasteiger partial charge in [0.25, 0.3) is 0 Å². The van der Waals surface area contributed by atoms with E-state index < -0.39 is 0 Å². The number of carbonyl (C=O) groups is 1. The lowest BCUT2D eigenvalue weighted by Gasteiger charge is -2.28. The second-order valence-corrected chi connectivity index (χ2v) is 2.96. The molecule has 1 rings (SSSR count). The summed E-state index contributed by atoms with van der Waals surface area (Å²) < 4.78 is 0. The minimum Gasteiger partial charge on any atom is -0.338 e. The van der Waals surface area contributed by atoms with E-state index in [1.54, 1.807) is 4.90 Å². The van der Waals surface area contributed by atoms with Crippen LogP contribution >= 0.6 is 0 Å². The summed E-state index contributed by atoms with van der Waals surface area (Å²) in [5, 5.41) is 8.65. The smallest absolute Gasteiger partial charge is 0.245 e. The number of hydrogen-bond donors (Lipinski definition) is 0. The third-order valence-corrected chi connectivity index (χ3v) is 2.09. The molecular weight excluding hydrogens is 152 g/mol. The van der Waals surface area contributed by atoms with Gasteiger partial charge in [0.1, 0.15) is 0 Å². The predicted molar refractivity (Wildman–Crippen MR) is 45.1 cm³/mol. The predicted octanol–water partition coefficient (Wildman–Crippen LogP) is 0.935. The first-order valence-electron chi connectivity index (χ1n) is 4.09. The Morgan fingerprint density at radius 1 is 1.75 bits per heavy atom. The van der Waals surface area contributed by atoms with Gasteiger partial charge in [-0.15, -0.1) is 0 Å². The highest BCUT2D eigenvalue weighted by Gasteiger charge is 2.21. The van der Waals surface area contributed by atoms with Crippen LogP contribution in [0.3, 0.4) is 0 Å². The molecule has 1 amide bonds. The van der Waals surface area contributed by atoms with E-state index in [9.17, 15) is 4.79 Å². The second-order valence-electron chi connectivity index (χ2n) is 2.96. The maximum Gasteiger partial charge on any atom is 0.245 e. The Kier molecular flexibility index (Phi) is 2.87. The summed E-state index contributed by atoms with van der Waals surface area (Å²) >= 11 is 0. The van der Waals surface area contributed by atoms with E-state index in [0.717, 1.165) is 19.4 Å². The molecule has 3 nitrogen and oxygen atoms in total. The zero-order valence-corrected chi connectivity index (χ0v) is 6.99. The van der Waals surface area contributed by atoms with Gasteiger partial charge in [-0.2, -0.15) is 5.26 Å². The van der Waals surface area contributed by atoms with Gasteiger partial charge in [0.05, 0.1) is 12.0 Å². The molecule has 1 fully saturated rings. The molecule has 1 heterocycles. The van der Waals surface area contributed by atoms with Gasteiger partial charge in [-0.3, -0.25) is 4.79 Å². The van der Waals surface area contributed by atoms with Crippen molar-refractivity contribution < 1.29 is 4.79 Å². The number of hydrogen-bond acceptors (Lipinski definition) is 2. The molecule has 1 saturated heterocycles. The van der Waals surface area contributed by atoms with Crippen LogP contribution < -0.4 is 0 Å². The molecule has 0 aromatic heterocycles. The Morgan fingerprint density at radius 2 is 2.50 bits per heavy atom. The third kappa shape index (κ3) is 1.85. The molecule has 64 valence electrons. The van der Waals surface area contributed by atoms with E-state index in [1.807, 2.05) is 0 Å². The normalized spacial score (nSPS) is 22.9. The van der Waals surface area contributed by atoms with Gasteiger partial charge in [-0.05, 0) is 18.9 Å². The summed E-state index contributed by atoms with van der Waals surface area (Å²) in [7, 11) is 0. The monoisotopic (exact) mass is 164 g/mol. The van der Waals surface area contributed by atoms with Crippen molar-refractivity contribution >= 4 is 5.91 Å². The van der Waals surface area contributed by atoms with E-state index in [-0.39, 0.29) is 11.8 Å². The molecule has 0 spiro atoms. The number of nitrogens with zero attached hydrogens (tertiary/aromatic N) is 2. The number of amides is 1. The van der Waals surface area contributed by atoms with Crippen LogP contribution in [0.5, 0.6) is 0 Å². The Hall–Kier alpha value is -1.30. The largest absolute Gasteiger partial charge is 0.338 e. The SMILES string of the molecule is C=CC(=O)N1CCCC(C#N)C1. The maximum absolute atomic E-state index is 11.1. The molecule has 1 aliphatic heterocycles. The molecular formula is C9H12N2O. The molecule has 12 heavy (non-hydrogen) atoms. The van der Waals surface area contributed by atoms with Crippen molar-refractivity contribution in [3.63, 3.8) is 0 Å². The average Bonchev–Trinajstić information content (AvgIpc) is 2.17. The van der Waals surface area contributed by atoms with Crippen LogP contribution in [-0.4, -0.2) is 23.9 Å². The van der Waals surface area contributed by atoms with E-state index in [2.05, 4.69) is 12.6 Å². The van der Waals surface area contributed by atoms with E-state index >= 15 is 0 Å². The third-order valence-electron chi connectivity index (χ3n) is 2.09. The average molecular weight is 164 g/mol. The molecule has 3 heteroatoms. The number of likely N-dealkylation sites (tertiary alicyclic amines) is 1. The van der Waals surface area contributed by atoms with Gasteiger partial charge in [-0.25, -0.2) is 0 Å². The molecule has 0 aromatic rings. The van der Waals surface area contributed by atoms with Crippen molar-refractivity contribution in [3.8, 4) is 6.07 Å². The first-order valence-corrected chi connectivity index (χ1v) is 4.09. The van der Waals surface area contributed by atoms with Crippen LogP contribution in [0.1, 0.15) is 12.8 Å². The lowest BCUT2D eigenvalue weighted by Crippen LogP contribution is -2.38. The minimum absolute atomic E-state index is 0.0163. The van der Waals surface area contributed by atoms with Crippen molar-refractivity contribution in [1.82, 2.24) is 4.90 Å². The van der Waals surface area contributed by atoms with Gasteiger partial charge in [0.15, 0.2) is 0 Å². The van der Waals surface area contributed by atoms with E-state index in [0.29, 0.717) is 6.54 Å². The van der Waals surface area contributed by atoms with Crippen molar-refractivity contribution in [3.05, 3.63) is 12.7 Å². The molecule has 0 radical (unpaired) electrons. The highest BCUT2D eigenvalue weighted by Crippen LogP contribution is 2.15. The Balaban J connectivity index is 2.52. The Labute approximate surface area is 72.3 Å². The number of rotatable bonds is 1. The second kappa shape index (κ2) is 3.91. The molecule has 0 aromatic carbocycles. The van der Waals surface area contributed by atoms with E-state index in [1.165, 1.54) is 6.08 Å². The number of carbonyl (C=O) groups excluding carboxylic acids is 1. The zero-order valence-electron chi connectivity index (χ0n) is 6.99. The molecule has 0 N–H and O–H groups in total. The number of piperidine rings is 1. The lowest BCUT2D eigenvalue weighted by atomic mass is 10.00. The maximum atomic E-state index is 11.1. The Bertz CT molecular complexity index is 229. The van der Waals surface area contributed by atoms with Gasteiger partial charge in [0, 0.05) is 13.1 Å². The van der Waals surface area contributed by atoms with Crippen LogP contribution in [0, 0.1) is 17.2 Å². The zero-order chi connectivity index (χ0) is 8.97. The molecule has 1 aliphatic rings. The standard InChI is InChI=1S/C9H12N2O/c1-2-9(12)11-5-3-4-8(6-10)7-11/h2,8H,1,3-5,7H2. The highest BCUT2D eigenvalue weighted by atomic mass is 16.2. The molecule has 0 bridgehead atoms. The van der Waals surface area contributed by atoms with Crippen molar-refractivity contribution in [2.75, 3.05) is 13.1 Å². The molecule has 1 unspecified atom stereocenters. The lowest BCUT2D eigenvalue weighted by molar-refractivity contribution is -0.127. The summed E-state index contributed by atoms with van der Waals surface area (Å²) in [4.78, 5) is 12.8. The summed E-state index contributed by atoms with van der Waals surface area (Å²) in [6.45, 7) is 4.75. The first kappa shape index (κ1) is 8.79. The van der Waals surface area contributed by atoms with Crippen molar-refractivity contribution in [2.45, 2.75) is 12.8 Å². The molecule has 1 atom stereocenters.